The van der Waals surface area contributed by atoms with Crippen LogP contribution in [-0.2, 0) is 11.3 Å². The molecule has 1 N–H and O–H groups in total. The van der Waals surface area contributed by atoms with Gasteiger partial charge in [0, 0.05) is 31.2 Å². The predicted molar refractivity (Wildman–Crippen MR) is 93.5 cm³/mol. The first-order valence-electron chi connectivity index (χ1n) is 8.45. The summed E-state index contributed by atoms with van der Waals surface area (Å²) in [6.45, 7) is 6.90. The van der Waals surface area contributed by atoms with Crippen LogP contribution in [0.5, 0.6) is 5.75 Å². The summed E-state index contributed by atoms with van der Waals surface area (Å²) >= 11 is 0. The summed E-state index contributed by atoms with van der Waals surface area (Å²) in [5.41, 5.74) is 2.10. The van der Waals surface area contributed by atoms with E-state index in [9.17, 15) is 4.79 Å². The molecule has 0 unspecified atom stereocenters. The van der Waals surface area contributed by atoms with Crippen LogP contribution in [0.25, 0.3) is 0 Å². The third-order valence-corrected chi connectivity index (χ3v) is 4.33. The largest absolute Gasteiger partial charge is 0.497 e. The molecule has 0 aliphatic carbocycles. The number of allylic oxidation sites excluding steroid dienone is 1. The number of piperidine rings is 1. The molecule has 1 saturated heterocycles. The summed E-state index contributed by atoms with van der Waals surface area (Å²) < 4.78 is 5.28. The highest BCUT2D eigenvalue weighted by atomic mass is 16.5. The van der Waals surface area contributed by atoms with E-state index in [2.05, 4.69) is 22.3 Å². The number of hydrogen-bond donors (Lipinski definition) is 1. The molecule has 4 nitrogen and oxygen atoms in total. The lowest BCUT2D eigenvalue weighted by Crippen LogP contribution is -2.44. The van der Waals surface area contributed by atoms with Crippen molar-refractivity contribution in [3.63, 3.8) is 0 Å². The Morgan fingerprint density at radius 2 is 2.13 bits per heavy atom. The minimum absolute atomic E-state index is 0.0816. The summed E-state index contributed by atoms with van der Waals surface area (Å²) in [5.74, 6) is 0.987. The molecule has 1 fully saturated rings. The van der Waals surface area contributed by atoms with Crippen LogP contribution >= 0.6 is 0 Å². The van der Waals surface area contributed by atoms with E-state index in [1.54, 1.807) is 7.11 Å². The highest BCUT2D eigenvalue weighted by Crippen LogP contribution is 2.17. The van der Waals surface area contributed by atoms with Crippen molar-refractivity contribution in [2.75, 3.05) is 20.2 Å². The fourth-order valence-electron chi connectivity index (χ4n) is 2.96. The predicted octanol–water partition coefficient (Wildman–Crippen LogP) is 3.13. The van der Waals surface area contributed by atoms with E-state index in [4.69, 9.17) is 4.74 Å². The summed E-state index contributed by atoms with van der Waals surface area (Å²) in [5, 5.41) is 3.15. The molecule has 1 aliphatic rings. The molecule has 2 rings (SSSR count). The Balaban J connectivity index is 1.79. The molecule has 23 heavy (non-hydrogen) atoms. The van der Waals surface area contributed by atoms with Crippen LogP contribution in [0.15, 0.2) is 35.9 Å². The number of carbonyl (C=O) groups is 1. The molecular formula is C19H28N2O2. The van der Waals surface area contributed by atoms with Crippen LogP contribution in [-0.4, -0.2) is 37.0 Å². The van der Waals surface area contributed by atoms with Gasteiger partial charge in [-0.05, 0) is 43.9 Å². The zero-order valence-electron chi connectivity index (χ0n) is 14.5. The number of amides is 1. The maximum atomic E-state index is 12.0. The van der Waals surface area contributed by atoms with Gasteiger partial charge in [-0.15, -0.1) is 0 Å². The van der Waals surface area contributed by atoms with E-state index in [0.717, 1.165) is 50.2 Å². The van der Waals surface area contributed by atoms with Crippen molar-refractivity contribution in [2.45, 2.75) is 45.7 Å². The molecule has 1 aliphatic heterocycles. The summed E-state index contributed by atoms with van der Waals surface area (Å²) in [4.78, 5) is 14.5. The van der Waals surface area contributed by atoms with Crippen molar-refractivity contribution in [2.24, 2.45) is 0 Å². The smallest absolute Gasteiger partial charge is 0.246 e. The van der Waals surface area contributed by atoms with Gasteiger partial charge < -0.3 is 10.1 Å². The van der Waals surface area contributed by atoms with Crippen molar-refractivity contribution in [3.8, 4) is 5.75 Å². The summed E-state index contributed by atoms with van der Waals surface area (Å²) in [6, 6.07) is 8.52. The van der Waals surface area contributed by atoms with E-state index >= 15 is 0 Å². The number of nitrogens with one attached hydrogen (secondary N) is 1. The molecule has 4 heteroatoms. The van der Waals surface area contributed by atoms with Gasteiger partial charge in [0.25, 0.3) is 0 Å². The Morgan fingerprint density at radius 3 is 2.78 bits per heavy atom. The van der Waals surface area contributed by atoms with E-state index in [1.165, 1.54) is 5.56 Å². The highest BCUT2D eigenvalue weighted by molar-refractivity contribution is 5.92. The second-order valence-corrected chi connectivity index (χ2v) is 6.17. The third-order valence-electron chi connectivity index (χ3n) is 4.33. The average molecular weight is 316 g/mol. The Morgan fingerprint density at radius 1 is 1.39 bits per heavy atom. The fourth-order valence-corrected chi connectivity index (χ4v) is 2.96. The number of rotatable bonds is 6. The molecule has 1 amide bonds. The number of carbonyl (C=O) groups excluding carboxylic acids is 1. The summed E-state index contributed by atoms with van der Waals surface area (Å²) in [6.07, 6.45) is 4.90. The number of benzene rings is 1. The minimum Gasteiger partial charge on any atom is -0.497 e. The van der Waals surface area contributed by atoms with Gasteiger partial charge in [0.15, 0.2) is 0 Å². The van der Waals surface area contributed by atoms with Crippen LogP contribution in [0.1, 0.15) is 38.7 Å². The zero-order chi connectivity index (χ0) is 16.7. The Bertz CT molecular complexity index is 546. The van der Waals surface area contributed by atoms with E-state index < -0.39 is 0 Å². The molecule has 1 heterocycles. The molecule has 0 aromatic heterocycles. The van der Waals surface area contributed by atoms with Crippen molar-refractivity contribution in [1.29, 1.82) is 0 Å². The van der Waals surface area contributed by atoms with Crippen LogP contribution in [0.4, 0.5) is 0 Å². The SMILES string of the molecule is CC/C=C(/C)C(=O)NC1CCN(Cc2cccc(OC)c2)CC1. The highest BCUT2D eigenvalue weighted by Gasteiger charge is 2.21. The van der Waals surface area contributed by atoms with E-state index in [-0.39, 0.29) is 5.91 Å². The van der Waals surface area contributed by atoms with Gasteiger partial charge >= 0.3 is 0 Å². The molecule has 0 saturated carbocycles. The Kier molecular flexibility index (Phi) is 6.66. The quantitative estimate of drug-likeness (QED) is 0.820. The lowest BCUT2D eigenvalue weighted by molar-refractivity contribution is -0.118. The fraction of sp³-hybridized carbons (Fsp3) is 0.526. The van der Waals surface area contributed by atoms with Crippen molar-refractivity contribution in [1.82, 2.24) is 10.2 Å². The molecule has 0 spiro atoms. The van der Waals surface area contributed by atoms with Gasteiger partial charge in [0.05, 0.1) is 7.11 Å². The Hall–Kier alpha value is -1.81. The number of ether oxygens (including phenoxy) is 1. The maximum absolute atomic E-state index is 12.0. The summed E-state index contributed by atoms with van der Waals surface area (Å²) in [7, 11) is 1.70. The van der Waals surface area contributed by atoms with Crippen molar-refractivity contribution >= 4 is 5.91 Å². The standard InChI is InChI=1S/C19H28N2O2/c1-4-6-15(2)19(22)20-17-9-11-21(12-10-17)14-16-7-5-8-18(13-16)23-3/h5-8,13,17H,4,9-12,14H2,1-3H3,(H,20,22)/b15-6-. The van der Waals surface area contributed by atoms with Gasteiger partial charge in [-0.3, -0.25) is 9.69 Å². The molecule has 0 radical (unpaired) electrons. The van der Waals surface area contributed by atoms with E-state index in [1.807, 2.05) is 32.1 Å². The first kappa shape index (κ1) is 17.5. The van der Waals surface area contributed by atoms with Crippen molar-refractivity contribution < 1.29 is 9.53 Å². The molecule has 1 aromatic carbocycles. The number of nitrogens with zero attached hydrogens (tertiary/aromatic N) is 1. The Labute approximate surface area is 139 Å². The second-order valence-electron chi connectivity index (χ2n) is 6.17. The zero-order valence-corrected chi connectivity index (χ0v) is 14.5. The lowest BCUT2D eigenvalue weighted by atomic mass is 10.0. The number of hydrogen-bond acceptors (Lipinski definition) is 3. The van der Waals surface area contributed by atoms with Gasteiger partial charge in [-0.2, -0.15) is 0 Å². The molecular weight excluding hydrogens is 288 g/mol. The topological polar surface area (TPSA) is 41.6 Å². The van der Waals surface area contributed by atoms with Crippen LogP contribution in [0.3, 0.4) is 0 Å². The van der Waals surface area contributed by atoms with E-state index in [0.29, 0.717) is 6.04 Å². The molecule has 0 atom stereocenters. The lowest BCUT2D eigenvalue weighted by Gasteiger charge is -2.32. The van der Waals surface area contributed by atoms with Gasteiger partial charge in [0.2, 0.25) is 5.91 Å². The average Bonchev–Trinajstić information content (AvgIpc) is 2.57. The van der Waals surface area contributed by atoms with Crippen LogP contribution in [0.2, 0.25) is 0 Å². The molecule has 126 valence electrons. The maximum Gasteiger partial charge on any atom is 0.246 e. The number of likely N-dealkylation sites (tertiary alicyclic amines) is 1. The monoisotopic (exact) mass is 316 g/mol. The van der Waals surface area contributed by atoms with Gasteiger partial charge in [-0.25, -0.2) is 0 Å². The second kappa shape index (κ2) is 8.73. The third kappa shape index (κ3) is 5.39. The van der Waals surface area contributed by atoms with Crippen LogP contribution in [0, 0.1) is 0 Å². The van der Waals surface area contributed by atoms with Crippen molar-refractivity contribution in [3.05, 3.63) is 41.5 Å². The van der Waals surface area contributed by atoms with Gasteiger partial charge in [0.1, 0.15) is 5.75 Å². The van der Waals surface area contributed by atoms with Gasteiger partial charge in [-0.1, -0.05) is 25.1 Å². The first-order chi connectivity index (χ1) is 11.1. The number of methoxy groups -OCH3 is 1. The normalized spacial score (nSPS) is 17.1. The first-order valence-corrected chi connectivity index (χ1v) is 8.45. The molecule has 1 aromatic rings. The molecule has 0 bridgehead atoms. The van der Waals surface area contributed by atoms with Crippen LogP contribution < -0.4 is 10.1 Å². The minimum atomic E-state index is 0.0816.